The van der Waals surface area contributed by atoms with Gasteiger partial charge in [0.25, 0.3) is 0 Å². The predicted octanol–water partition coefficient (Wildman–Crippen LogP) is 5.44. The molecular formula is C21H25IO2. The Morgan fingerprint density at radius 2 is 2.17 bits per heavy atom. The molecule has 0 aromatic heterocycles. The number of ether oxygens (including phenoxy) is 1. The normalized spacial score (nSPS) is 29.5. The first-order chi connectivity index (χ1) is 11.5. The van der Waals surface area contributed by atoms with Crippen molar-refractivity contribution in [3.05, 3.63) is 60.2 Å². The van der Waals surface area contributed by atoms with E-state index in [0.29, 0.717) is 29.9 Å². The minimum absolute atomic E-state index is 0.218. The van der Waals surface area contributed by atoms with Crippen LogP contribution in [0.3, 0.4) is 0 Å². The lowest BCUT2D eigenvalue weighted by Crippen LogP contribution is -2.29. The average molecular weight is 436 g/mol. The van der Waals surface area contributed by atoms with E-state index in [4.69, 9.17) is 4.74 Å². The molecule has 1 saturated carbocycles. The van der Waals surface area contributed by atoms with E-state index >= 15 is 0 Å². The van der Waals surface area contributed by atoms with Gasteiger partial charge in [-0.3, -0.25) is 0 Å². The Hall–Kier alpha value is -1.10. The molecule has 2 aliphatic carbocycles. The lowest BCUT2D eigenvalue weighted by molar-refractivity contribution is 0.0378. The molecule has 1 fully saturated rings. The Morgan fingerprint density at radius 1 is 1.42 bits per heavy atom. The van der Waals surface area contributed by atoms with Crippen molar-refractivity contribution in [2.45, 2.75) is 26.2 Å². The summed E-state index contributed by atoms with van der Waals surface area (Å²) < 4.78 is 6.74. The molecule has 0 aliphatic heterocycles. The van der Waals surface area contributed by atoms with Gasteiger partial charge in [0, 0.05) is 5.92 Å². The molecule has 1 aromatic carbocycles. The van der Waals surface area contributed by atoms with Crippen molar-refractivity contribution in [1.82, 2.24) is 0 Å². The van der Waals surface area contributed by atoms with Crippen molar-refractivity contribution in [3.8, 4) is 0 Å². The van der Waals surface area contributed by atoms with Crippen molar-refractivity contribution in [3.63, 3.8) is 0 Å². The molecule has 3 rings (SSSR count). The van der Waals surface area contributed by atoms with E-state index in [1.807, 2.05) is 18.2 Å². The Bertz CT molecular complexity index is 636. The first-order valence-electron chi connectivity index (χ1n) is 8.70. The number of fused-ring (bicyclic) bond motifs is 1. The van der Waals surface area contributed by atoms with Crippen molar-refractivity contribution in [2.24, 2.45) is 23.2 Å². The van der Waals surface area contributed by atoms with E-state index in [9.17, 15) is 4.79 Å². The largest absolute Gasteiger partial charge is 0.462 e. The second kappa shape index (κ2) is 7.42. The molecule has 0 amide bonds. The number of rotatable bonds is 6. The Balaban J connectivity index is 1.68. The fourth-order valence-electron chi connectivity index (χ4n) is 4.34. The Morgan fingerprint density at radius 3 is 2.88 bits per heavy atom. The highest BCUT2D eigenvalue weighted by Gasteiger charge is 2.48. The maximum atomic E-state index is 12.3. The molecule has 1 aromatic rings. The van der Waals surface area contributed by atoms with Gasteiger partial charge in [-0.25, -0.2) is 4.79 Å². The Kier molecular flexibility index (Phi) is 5.48. The maximum absolute atomic E-state index is 12.3. The topological polar surface area (TPSA) is 26.3 Å². The van der Waals surface area contributed by atoms with E-state index in [2.05, 4.69) is 48.2 Å². The number of esters is 1. The molecule has 3 heteroatoms. The first kappa shape index (κ1) is 17.7. The van der Waals surface area contributed by atoms with Crippen LogP contribution in [0.25, 0.3) is 0 Å². The van der Waals surface area contributed by atoms with Crippen molar-refractivity contribution < 1.29 is 9.53 Å². The third kappa shape index (κ3) is 3.46. The average Bonchev–Trinajstić information content (AvgIpc) is 3.08. The van der Waals surface area contributed by atoms with E-state index in [0.717, 1.165) is 17.3 Å². The highest BCUT2D eigenvalue weighted by molar-refractivity contribution is 14.1. The van der Waals surface area contributed by atoms with Crippen LogP contribution < -0.4 is 0 Å². The molecule has 2 aliphatic rings. The lowest BCUT2D eigenvalue weighted by atomic mass is 9.73. The fourth-order valence-corrected chi connectivity index (χ4v) is 5.14. The molecule has 0 N–H and O–H groups in total. The first-order valence-corrected chi connectivity index (χ1v) is 10.2. The second-order valence-electron chi connectivity index (χ2n) is 7.28. The summed E-state index contributed by atoms with van der Waals surface area (Å²) in [6.07, 6.45) is 8.15. The van der Waals surface area contributed by atoms with Gasteiger partial charge < -0.3 is 4.74 Å². The number of alkyl halides is 1. The van der Waals surface area contributed by atoms with Crippen LogP contribution in [0.1, 0.15) is 36.5 Å². The third-order valence-electron chi connectivity index (χ3n) is 5.68. The number of allylic oxidation sites excluding steroid dienone is 3. The van der Waals surface area contributed by atoms with E-state index in [1.165, 1.54) is 12.0 Å². The van der Waals surface area contributed by atoms with Crippen molar-refractivity contribution in [2.75, 3.05) is 11.0 Å². The van der Waals surface area contributed by atoms with Crippen LogP contribution in [0.15, 0.2) is 54.6 Å². The molecule has 0 saturated heterocycles. The van der Waals surface area contributed by atoms with Gasteiger partial charge in [-0.1, -0.05) is 72.0 Å². The summed E-state index contributed by atoms with van der Waals surface area (Å²) in [7, 11) is 0. The highest BCUT2D eigenvalue weighted by atomic mass is 127. The van der Waals surface area contributed by atoms with Crippen LogP contribution in [0.2, 0.25) is 0 Å². The molecular weight excluding hydrogens is 411 g/mol. The van der Waals surface area contributed by atoms with Gasteiger partial charge in [0.2, 0.25) is 0 Å². The van der Waals surface area contributed by atoms with Gasteiger partial charge in [0.1, 0.15) is 0 Å². The summed E-state index contributed by atoms with van der Waals surface area (Å²) in [5.41, 5.74) is 2.26. The van der Waals surface area contributed by atoms with Crippen molar-refractivity contribution in [1.29, 1.82) is 0 Å². The summed E-state index contributed by atoms with van der Waals surface area (Å²) in [5.74, 6) is 1.11. The summed E-state index contributed by atoms with van der Waals surface area (Å²) in [6, 6.07) is 9.26. The summed E-state index contributed by atoms with van der Waals surface area (Å²) in [4.78, 5) is 12.3. The minimum Gasteiger partial charge on any atom is -0.462 e. The van der Waals surface area contributed by atoms with E-state index in [1.54, 1.807) is 12.1 Å². The number of benzene rings is 1. The molecule has 4 atom stereocenters. The van der Waals surface area contributed by atoms with Crippen molar-refractivity contribution >= 4 is 28.6 Å². The number of carbonyl (C=O) groups is 1. The summed E-state index contributed by atoms with van der Waals surface area (Å²) in [5, 5.41) is 0. The second-order valence-corrected chi connectivity index (χ2v) is 8.36. The van der Waals surface area contributed by atoms with Gasteiger partial charge >= 0.3 is 5.97 Å². The third-order valence-corrected chi connectivity index (χ3v) is 6.30. The molecule has 2 nitrogen and oxygen atoms in total. The SMILES string of the molecule is C=C1CC[C@@]2(C)C=C[C@H](C(CCI)COC(=O)c3ccccc3)[C@@H]12. The zero-order valence-electron chi connectivity index (χ0n) is 14.2. The zero-order valence-corrected chi connectivity index (χ0v) is 16.4. The van der Waals surface area contributed by atoms with Gasteiger partial charge in [-0.05, 0) is 53.1 Å². The summed E-state index contributed by atoms with van der Waals surface area (Å²) >= 11 is 2.42. The summed E-state index contributed by atoms with van der Waals surface area (Å²) in [6.45, 7) is 7.17. The maximum Gasteiger partial charge on any atom is 0.338 e. The Labute approximate surface area is 158 Å². The zero-order chi connectivity index (χ0) is 17.2. The van der Waals surface area contributed by atoms with Gasteiger partial charge in [0.05, 0.1) is 12.2 Å². The molecule has 1 unspecified atom stereocenters. The van der Waals surface area contributed by atoms with Crippen LogP contribution in [-0.4, -0.2) is 17.0 Å². The van der Waals surface area contributed by atoms with Crippen LogP contribution in [0.5, 0.6) is 0 Å². The van der Waals surface area contributed by atoms with Crippen LogP contribution in [0, 0.1) is 23.2 Å². The monoisotopic (exact) mass is 436 g/mol. The number of carbonyl (C=O) groups excluding carboxylic acids is 1. The standard InChI is InChI=1S/C21H25IO2/c1-15-8-11-21(2)12-9-18(19(15)21)17(10-13-22)14-24-20(23)16-6-4-3-5-7-16/h3-7,9,12,17-19H,1,8,10-11,13-14H2,2H3/t17?,18-,19-,21+/m1/s1. The number of hydrogen-bond donors (Lipinski definition) is 0. The molecule has 24 heavy (non-hydrogen) atoms. The predicted molar refractivity (Wildman–Crippen MR) is 106 cm³/mol. The highest BCUT2D eigenvalue weighted by Crippen LogP contribution is 2.56. The number of halogens is 1. The number of hydrogen-bond acceptors (Lipinski definition) is 2. The smallest absolute Gasteiger partial charge is 0.338 e. The molecule has 0 radical (unpaired) electrons. The fraction of sp³-hybridized carbons (Fsp3) is 0.476. The van der Waals surface area contributed by atoms with Gasteiger partial charge in [0.15, 0.2) is 0 Å². The van der Waals surface area contributed by atoms with Crippen LogP contribution >= 0.6 is 22.6 Å². The lowest BCUT2D eigenvalue weighted by Gasteiger charge is -2.32. The molecule has 0 bridgehead atoms. The van der Waals surface area contributed by atoms with E-state index in [-0.39, 0.29) is 11.4 Å². The quantitative estimate of drug-likeness (QED) is 0.257. The molecule has 128 valence electrons. The molecule has 0 spiro atoms. The van der Waals surface area contributed by atoms with Gasteiger partial charge in [-0.15, -0.1) is 0 Å². The molecule has 0 heterocycles. The van der Waals surface area contributed by atoms with E-state index < -0.39 is 0 Å². The van der Waals surface area contributed by atoms with Crippen LogP contribution in [0.4, 0.5) is 0 Å². The minimum atomic E-state index is -0.218. The van der Waals surface area contributed by atoms with Gasteiger partial charge in [-0.2, -0.15) is 0 Å². The van der Waals surface area contributed by atoms with Crippen LogP contribution in [-0.2, 0) is 4.74 Å².